The van der Waals surface area contributed by atoms with Gasteiger partial charge in [-0.05, 0) is 30.7 Å². The average Bonchev–Trinajstić information content (AvgIpc) is 2.66. The molecule has 2 amide bonds. The molecule has 2 aromatic carbocycles. The molecule has 3 rings (SSSR count). The molecule has 0 saturated carbocycles. The Bertz CT molecular complexity index is 1060. The lowest BCUT2D eigenvalue weighted by molar-refractivity contribution is -0.129. The van der Waals surface area contributed by atoms with Crippen molar-refractivity contribution in [1.29, 1.82) is 0 Å². The van der Waals surface area contributed by atoms with Crippen LogP contribution in [0, 0.1) is 12.7 Å². The van der Waals surface area contributed by atoms with Crippen molar-refractivity contribution in [3.8, 4) is 0 Å². The van der Waals surface area contributed by atoms with Crippen LogP contribution in [0.15, 0.2) is 53.3 Å². The minimum Gasteiger partial charge on any atom is -0.273 e. The van der Waals surface area contributed by atoms with Gasteiger partial charge in [-0.15, -0.1) is 0 Å². The zero-order valence-electron chi connectivity index (χ0n) is 14.5. The van der Waals surface area contributed by atoms with Gasteiger partial charge in [-0.1, -0.05) is 30.3 Å². The molecule has 0 aliphatic rings. The topological polar surface area (TPSA) is 93.1 Å². The first-order valence-electron chi connectivity index (χ1n) is 8.22. The van der Waals surface area contributed by atoms with E-state index in [1.165, 1.54) is 24.3 Å². The minimum atomic E-state index is -0.591. The Morgan fingerprint density at radius 1 is 1.00 bits per heavy atom. The van der Waals surface area contributed by atoms with E-state index < -0.39 is 17.6 Å². The fourth-order valence-electron chi connectivity index (χ4n) is 2.66. The van der Waals surface area contributed by atoms with Crippen molar-refractivity contribution < 1.29 is 14.0 Å². The number of nitrogens with one attached hydrogen (secondary N) is 2. The predicted octanol–water partition coefficient (Wildman–Crippen LogP) is 1.23. The summed E-state index contributed by atoms with van der Waals surface area (Å²) in [6.45, 7) is 1.42. The Morgan fingerprint density at radius 3 is 2.33 bits per heavy atom. The highest BCUT2D eigenvalue weighted by Gasteiger charge is 2.11. The molecule has 3 aromatic rings. The maximum Gasteiger partial charge on any atom is 0.275 e. The molecule has 7 nitrogen and oxygen atoms in total. The standard InChI is InChI=1S/C19H17FN4O3/c1-12-15-4-2-3-5-16(15)19(27)24(23-12)11-18(26)22-21-17(25)10-13-6-8-14(20)9-7-13/h2-9H,10-11H2,1H3,(H,21,25)(H,22,26). The van der Waals surface area contributed by atoms with Crippen molar-refractivity contribution in [2.75, 3.05) is 0 Å². The molecule has 0 bridgehead atoms. The molecule has 0 radical (unpaired) electrons. The largest absolute Gasteiger partial charge is 0.275 e. The summed E-state index contributed by atoms with van der Waals surface area (Å²) in [5.41, 5.74) is 5.35. The Hall–Kier alpha value is -3.55. The maximum atomic E-state index is 12.9. The van der Waals surface area contributed by atoms with Crippen LogP contribution in [0.1, 0.15) is 11.3 Å². The van der Waals surface area contributed by atoms with Gasteiger partial charge >= 0.3 is 0 Å². The van der Waals surface area contributed by atoms with Crippen molar-refractivity contribution in [2.24, 2.45) is 0 Å². The summed E-state index contributed by atoms with van der Waals surface area (Å²) in [5, 5.41) is 5.34. The van der Waals surface area contributed by atoms with E-state index in [1.807, 2.05) is 6.07 Å². The first kappa shape index (κ1) is 18.2. The summed E-state index contributed by atoms with van der Waals surface area (Å²) in [7, 11) is 0. The second kappa shape index (κ2) is 7.77. The van der Waals surface area contributed by atoms with Gasteiger partial charge in [0, 0.05) is 5.39 Å². The highest BCUT2D eigenvalue weighted by molar-refractivity contribution is 5.85. The molecular formula is C19H17FN4O3. The third kappa shape index (κ3) is 4.35. The van der Waals surface area contributed by atoms with Gasteiger partial charge in [-0.3, -0.25) is 25.2 Å². The number of hydrazine groups is 1. The Kier molecular flexibility index (Phi) is 5.25. The molecule has 1 heterocycles. The first-order chi connectivity index (χ1) is 12.9. The summed E-state index contributed by atoms with van der Waals surface area (Å²) in [4.78, 5) is 36.3. The molecule has 0 unspecified atom stereocenters. The number of nitrogens with zero attached hydrogens (tertiary/aromatic N) is 2. The van der Waals surface area contributed by atoms with Crippen LogP contribution in [0.4, 0.5) is 4.39 Å². The lowest BCUT2D eigenvalue weighted by atomic mass is 10.1. The molecule has 0 spiro atoms. The van der Waals surface area contributed by atoms with E-state index in [0.717, 1.165) is 10.1 Å². The Balaban J connectivity index is 1.62. The van der Waals surface area contributed by atoms with E-state index in [2.05, 4.69) is 16.0 Å². The second-order valence-electron chi connectivity index (χ2n) is 5.99. The fraction of sp³-hybridized carbons (Fsp3) is 0.158. The van der Waals surface area contributed by atoms with Crippen molar-refractivity contribution >= 4 is 22.6 Å². The number of aryl methyl sites for hydroxylation is 1. The summed E-state index contributed by atoms with van der Waals surface area (Å²) in [6, 6.07) is 12.5. The molecule has 0 aliphatic carbocycles. The number of carbonyl (C=O) groups excluding carboxylic acids is 2. The molecule has 8 heteroatoms. The van der Waals surface area contributed by atoms with E-state index in [9.17, 15) is 18.8 Å². The van der Waals surface area contributed by atoms with Gasteiger partial charge in [0.05, 0.1) is 17.5 Å². The van der Waals surface area contributed by atoms with Gasteiger partial charge in [0.2, 0.25) is 5.91 Å². The summed E-state index contributed by atoms with van der Waals surface area (Å²) < 4.78 is 13.9. The van der Waals surface area contributed by atoms with Crippen LogP contribution in [-0.2, 0) is 22.6 Å². The van der Waals surface area contributed by atoms with Crippen molar-refractivity contribution in [3.63, 3.8) is 0 Å². The minimum absolute atomic E-state index is 0.0200. The molecule has 0 saturated heterocycles. The van der Waals surface area contributed by atoms with Crippen LogP contribution in [-0.4, -0.2) is 21.6 Å². The Labute approximate surface area is 153 Å². The smallest absolute Gasteiger partial charge is 0.273 e. The van der Waals surface area contributed by atoms with Crippen LogP contribution in [0.5, 0.6) is 0 Å². The fourth-order valence-corrected chi connectivity index (χ4v) is 2.66. The summed E-state index contributed by atoms with van der Waals surface area (Å²) in [6.07, 6.45) is -0.0200. The number of hydrogen-bond donors (Lipinski definition) is 2. The summed E-state index contributed by atoms with van der Waals surface area (Å²) in [5.74, 6) is -1.45. The maximum absolute atomic E-state index is 12.9. The van der Waals surface area contributed by atoms with Crippen LogP contribution in [0.2, 0.25) is 0 Å². The van der Waals surface area contributed by atoms with Crippen molar-refractivity contribution in [2.45, 2.75) is 19.9 Å². The van der Waals surface area contributed by atoms with Gasteiger partial charge in [-0.25, -0.2) is 9.07 Å². The van der Waals surface area contributed by atoms with Gasteiger partial charge in [0.1, 0.15) is 12.4 Å². The second-order valence-corrected chi connectivity index (χ2v) is 5.99. The zero-order valence-corrected chi connectivity index (χ0v) is 14.5. The van der Waals surface area contributed by atoms with E-state index in [0.29, 0.717) is 16.6 Å². The molecule has 0 fully saturated rings. The molecule has 138 valence electrons. The molecule has 1 aromatic heterocycles. The molecular weight excluding hydrogens is 351 g/mol. The lowest BCUT2D eigenvalue weighted by Gasteiger charge is -2.10. The van der Waals surface area contributed by atoms with Crippen LogP contribution < -0.4 is 16.4 Å². The lowest BCUT2D eigenvalue weighted by Crippen LogP contribution is -2.45. The molecule has 27 heavy (non-hydrogen) atoms. The van der Waals surface area contributed by atoms with E-state index in [-0.39, 0.29) is 18.5 Å². The van der Waals surface area contributed by atoms with Crippen LogP contribution >= 0.6 is 0 Å². The summed E-state index contributed by atoms with van der Waals surface area (Å²) >= 11 is 0. The number of aromatic nitrogens is 2. The number of benzene rings is 2. The quantitative estimate of drug-likeness (QED) is 0.678. The average molecular weight is 368 g/mol. The first-order valence-corrected chi connectivity index (χ1v) is 8.22. The Morgan fingerprint density at radius 2 is 1.63 bits per heavy atom. The number of amides is 2. The van der Waals surface area contributed by atoms with E-state index >= 15 is 0 Å². The molecule has 0 aliphatic heterocycles. The molecule has 0 atom stereocenters. The van der Waals surface area contributed by atoms with Gasteiger partial charge in [-0.2, -0.15) is 5.10 Å². The number of fused-ring (bicyclic) bond motifs is 1. The van der Waals surface area contributed by atoms with Crippen molar-refractivity contribution in [1.82, 2.24) is 20.6 Å². The van der Waals surface area contributed by atoms with E-state index in [4.69, 9.17) is 0 Å². The van der Waals surface area contributed by atoms with Crippen molar-refractivity contribution in [3.05, 3.63) is 76.0 Å². The predicted molar refractivity (Wildman–Crippen MR) is 97.1 cm³/mol. The van der Waals surface area contributed by atoms with Gasteiger partial charge < -0.3 is 0 Å². The van der Waals surface area contributed by atoms with Crippen LogP contribution in [0.3, 0.4) is 0 Å². The normalized spacial score (nSPS) is 10.6. The number of carbonyl (C=O) groups is 2. The number of hydrogen-bond acceptors (Lipinski definition) is 4. The third-order valence-electron chi connectivity index (χ3n) is 3.97. The monoisotopic (exact) mass is 368 g/mol. The number of halogens is 1. The van der Waals surface area contributed by atoms with Crippen LogP contribution in [0.25, 0.3) is 10.8 Å². The highest BCUT2D eigenvalue weighted by Crippen LogP contribution is 2.11. The van der Waals surface area contributed by atoms with Gasteiger partial charge in [0.15, 0.2) is 0 Å². The zero-order chi connectivity index (χ0) is 19.4. The van der Waals surface area contributed by atoms with E-state index in [1.54, 1.807) is 25.1 Å². The highest BCUT2D eigenvalue weighted by atomic mass is 19.1. The molecule has 2 N–H and O–H groups in total. The number of rotatable bonds is 4. The third-order valence-corrected chi connectivity index (χ3v) is 3.97. The SMILES string of the molecule is Cc1nn(CC(=O)NNC(=O)Cc2ccc(F)cc2)c(=O)c2ccccc12. The van der Waals surface area contributed by atoms with Gasteiger partial charge in [0.25, 0.3) is 11.5 Å².